The van der Waals surface area contributed by atoms with Crippen molar-refractivity contribution in [1.29, 1.82) is 0 Å². The van der Waals surface area contributed by atoms with Crippen LogP contribution in [-0.4, -0.2) is 22.0 Å². The zero-order valence-electron chi connectivity index (χ0n) is 13.7. The van der Waals surface area contributed by atoms with Gasteiger partial charge in [0.15, 0.2) is 5.13 Å². The number of anilines is 1. The number of carbonyl (C=O) groups excluding carboxylic acids is 1. The molecule has 0 aliphatic carbocycles. The van der Waals surface area contributed by atoms with E-state index in [2.05, 4.69) is 11.6 Å². The molecule has 0 unspecified atom stereocenters. The molecule has 5 nitrogen and oxygen atoms in total. The number of thiazole rings is 2. The molecule has 3 rings (SSSR count). The quantitative estimate of drug-likeness (QED) is 0.623. The Bertz CT molecular complexity index is 941. The number of rotatable bonds is 6. The second-order valence-electron chi connectivity index (χ2n) is 5.40. The number of nitrogens with zero attached hydrogens (tertiary/aromatic N) is 3. The van der Waals surface area contributed by atoms with E-state index in [9.17, 15) is 9.59 Å². The van der Waals surface area contributed by atoms with Gasteiger partial charge in [0, 0.05) is 28.6 Å². The van der Waals surface area contributed by atoms with Crippen LogP contribution in [0.3, 0.4) is 0 Å². The van der Waals surface area contributed by atoms with Crippen molar-refractivity contribution in [2.45, 2.75) is 13.5 Å². The van der Waals surface area contributed by atoms with Gasteiger partial charge in [-0.15, -0.1) is 17.9 Å². The molecule has 0 fully saturated rings. The van der Waals surface area contributed by atoms with Crippen molar-refractivity contribution in [2.24, 2.45) is 0 Å². The molecule has 2 heterocycles. The molecule has 0 saturated carbocycles. The van der Waals surface area contributed by atoms with Crippen molar-refractivity contribution in [1.82, 2.24) is 9.55 Å². The summed E-state index contributed by atoms with van der Waals surface area (Å²) in [4.78, 5) is 30.6. The first-order valence-electron chi connectivity index (χ1n) is 7.67. The van der Waals surface area contributed by atoms with Crippen LogP contribution in [0.4, 0.5) is 5.13 Å². The number of aryl methyl sites for hydroxylation is 1. The van der Waals surface area contributed by atoms with E-state index < -0.39 is 0 Å². The first-order chi connectivity index (χ1) is 12.1. The minimum Gasteiger partial charge on any atom is -0.294 e. The summed E-state index contributed by atoms with van der Waals surface area (Å²) in [6.45, 7) is 5.89. The third-order valence-electron chi connectivity index (χ3n) is 3.68. The van der Waals surface area contributed by atoms with Gasteiger partial charge in [-0.3, -0.25) is 19.1 Å². The normalized spacial score (nSPS) is 10.6. The zero-order chi connectivity index (χ0) is 17.8. The average molecular weight is 371 g/mol. The molecule has 1 amide bonds. The van der Waals surface area contributed by atoms with E-state index in [1.165, 1.54) is 15.9 Å². The topological polar surface area (TPSA) is 55.2 Å². The summed E-state index contributed by atoms with van der Waals surface area (Å²) in [5, 5.41) is 4.28. The maximum absolute atomic E-state index is 12.7. The molecule has 0 radical (unpaired) electrons. The van der Waals surface area contributed by atoms with E-state index in [1.807, 2.05) is 42.6 Å². The van der Waals surface area contributed by atoms with Crippen molar-refractivity contribution in [2.75, 3.05) is 11.4 Å². The van der Waals surface area contributed by atoms with Crippen LogP contribution in [0.1, 0.15) is 5.69 Å². The average Bonchev–Trinajstić information content (AvgIpc) is 3.23. The van der Waals surface area contributed by atoms with Gasteiger partial charge in [0.1, 0.15) is 6.54 Å². The van der Waals surface area contributed by atoms with Gasteiger partial charge < -0.3 is 0 Å². The van der Waals surface area contributed by atoms with Crippen molar-refractivity contribution < 1.29 is 4.79 Å². The molecule has 0 saturated heterocycles. The number of hydrogen-bond acceptors (Lipinski definition) is 5. The Hall–Kier alpha value is -2.51. The lowest BCUT2D eigenvalue weighted by Gasteiger charge is -2.18. The molecule has 0 spiro atoms. The molecule has 0 N–H and O–H groups in total. The molecule has 0 aliphatic rings. The van der Waals surface area contributed by atoms with Gasteiger partial charge in [-0.25, -0.2) is 4.98 Å². The Labute approximate surface area is 153 Å². The first-order valence-corrected chi connectivity index (χ1v) is 9.43. The molecule has 128 valence electrons. The Balaban J connectivity index is 1.86. The number of aromatic nitrogens is 2. The van der Waals surface area contributed by atoms with E-state index in [-0.39, 0.29) is 17.3 Å². The second kappa shape index (κ2) is 7.58. The molecule has 0 atom stereocenters. The maximum atomic E-state index is 12.7. The molecule has 25 heavy (non-hydrogen) atoms. The molecular weight excluding hydrogens is 354 g/mol. The molecule has 2 aromatic heterocycles. The van der Waals surface area contributed by atoms with Crippen molar-refractivity contribution >= 4 is 33.7 Å². The highest BCUT2D eigenvalue weighted by molar-refractivity contribution is 7.14. The van der Waals surface area contributed by atoms with Crippen LogP contribution in [-0.2, 0) is 11.3 Å². The summed E-state index contributed by atoms with van der Waals surface area (Å²) >= 11 is 2.50. The van der Waals surface area contributed by atoms with E-state index >= 15 is 0 Å². The van der Waals surface area contributed by atoms with Crippen molar-refractivity contribution in [3.05, 3.63) is 69.1 Å². The summed E-state index contributed by atoms with van der Waals surface area (Å²) in [5.41, 5.74) is 2.61. The van der Waals surface area contributed by atoms with Gasteiger partial charge >= 0.3 is 4.87 Å². The lowest BCUT2D eigenvalue weighted by atomic mass is 10.2. The molecule has 1 aromatic carbocycles. The smallest absolute Gasteiger partial charge is 0.294 e. The van der Waals surface area contributed by atoms with Crippen LogP contribution in [0.15, 0.2) is 58.5 Å². The lowest BCUT2D eigenvalue weighted by molar-refractivity contribution is -0.119. The van der Waals surface area contributed by atoms with E-state index in [4.69, 9.17) is 0 Å². The van der Waals surface area contributed by atoms with Crippen LogP contribution in [0.2, 0.25) is 0 Å². The largest absolute Gasteiger partial charge is 0.307 e. The van der Waals surface area contributed by atoms with Crippen LogP contribution in [0, 0.1) is 6.92 Å². The van der Waals surface area contributed by atoms with Gasteiger partial charge in [-0.05, 0) is 6.92 Å². The number of amides is 1. The van der Waals surface area contributed by atoms with Crippen molar-refractivity contribution in [3.8, 4) is 11.3 Å². The molecule has 7 heteroatoms. The third kappa shape index (κ3) is 3.78. The molecular formula is C18H17N3O2S2. The Morgan fingerprint density at radius 1 is 1.28 bits per heavy atom. The predicted octanol–water partition coefficient (Wildman–Crippen LogP) is 3.56. The fourth-order valence-corrected chi connectivity index (χ4v) is 3.96. The molecule has 0 bridgehead atoms. The highest BCUT2D eigenvalue weighted by Crippen LogP contribution is 2.27. The lowest BCUT2D eigenvalue weighted by Crippen LogP contribution is -2.36. The van der Waals surface area contributed by atoms with E-state index in [0.717, 1.165) is 28.3 Å². The van der Waals surface area contributed by atoms with Crippen LogP contribution < -0.4 is 9.77 Å². The molecule has 0 aliphatic heterocycles. The standard InChI is InChI=1S/C18H17N3O2S2/c1-3-9-20(16(22)10-21-13(2)11-25-18(21)23)17-19-15(12-24-17)14-7-5-4-6-8-14/h3-8,11-12H,1,9-10H2,2H3. The van der Waals surface area contributed by atoms with Gasteiger partial charge in [0.2, 0.25) is 5.91 Å². The highest BCUT2D eigenvalue weighted by Gasteiger charge is 2.20. The van der Waals surface area contributed by atoms with Crippen molar-refractivity contribution in [3.63, 3.8) is 0 Å². The number of carbonyl (C=O) groups is 1. The summed E-state index contributed by atoms with van der Waals surface area (Å²) in [5.74, 6) is -0.183. The van der Waals surface area contributed by atoms with Crippen LogP contribution >= 0.6 is 22.7 Å². The molecule has 3 aromatic rings. The predicted molar refractivity (Wildman–Crippen MR) is 103 cm³/mol. The number of benzene rings is 1. The third-order valence-corrected chi connectivity index (χ3v) is 5.42. The SMILES string of the molecule is C=CCN(C(=O)Cn1c(C)csc1=O)c1nc(-c2ccccc2)cs1. The summed E-state index contributed by atoms with van der Waals surface area (Å²) in [6.07, 6.45) is 1.66. The minimum absolute atomic E-state index is 0.00224. The highest BCUT2D eigenvalue weighted by atomic mass is 32.1. The Morgan fingerprint density at radius 2 is 2.04 bits per heavy atom. The number of hydrogen-bond donors (Lipinski definition) is 0. The Kier molecular flexibility index (Phi) is 5.25. The van der Waals surface area contributed by atoms with Gasteiger partial charge in [-0.1, -0.05) is 47.7 Å². The summed E-state index contributed by atoms with van der Waals surface area (Å²) < 4.78 is 1.48. The minimum atomic E-state index is -0.183. The zero-order valence-corrected chi connectivity index (χ0v) is 15.3. The summed E-state index contributed by atoms with van der Waals surface area (Å²) in [7, 11) is 0. The van der Waals surface area contributed by atoms with Gasteiger partial charge in [0.05, 0.1) is 5.69 Å². The fraction of sp³-hybridized carbons (Fsp3) is 0.167. The maximum Gasteiger partial charge on any atom is 0.307 e. The van der Waals surface area contributed by atoms with Crippen LogP contribution in [0.5, 0.6) is 0 Å². The van der Waals surface area contributed by atoms with Crippen LogP contribution in [0.25, 0.3) is 11.3 Å². The second-order valence-corrected chi connectivity index (χ2v) is 7.06. The van der Waals surface area contributed by atoms with Gasteiger partial charge in [0.25, 0.3) is 0 Å². The monoisotopic (exact) mass is 371 g/mol. The first kappa shape index (κ1) is 17.3. The van der Waals surface area contributed by atoms with Gasteiger partial charge in [-0.2, -0.15) is 0 Å². The van der Waals surface area contributed by atoms with E-state index in [1.54, 1.807) is 16.4 Å². The Morgan fingerprint density at radius 3 is 2.68 bits per heavy atom. The summed E-state index contributed by atoms with van der Waals surface area (Å²) in [6, 6.07) is 9.81. The fourth-order valence-electron chi connectivity index (χ4n) is 2.36. The van der Waals surface area contributed by atoms with E-state index in [0.29, 0.717) is 11.7 Å².